The van der Waals surface area contributed by atoms with Crippen LogP contribution in [0.1, 0.15) is 48.9 Å². The molecule has 1 aromatic carbocycles. The van der Waals surface area contributed by atoms with Gasteiger partial charge in [-0.1, -0.05) is 12.8 Å². The number of nitrogens with zero attached hydrogens (tertiary/aromatic N) is 1. The molecule has 0 bridgehead atoms. The molecule has 2 nitrogen and oxygen atoms in total. The SMILES string of the molecule is O=Cc1ccc(N2CCCC2C2CCCC2)c(Br)c1. The zero-order chi connectivity index (χ0) is 13.2. The second kappa shape index (κ2) is 5.66. The summed E-state index contributed by atoms with van der Waals surface area (Å²) < 4.78 is 1.06. The quantitative estimate of drug-likeness (QED) is 0.768. The maximum absolute atomic E-state index is 10.8. The molecule has 2 aliphatic rings. The lowest BCUT2D eigenvalue weighted by Gasteiger charge is -2.32. The molecule has 0 spiro atoms. The van der Waals surface area contributed by atoms with Crippen LogP contribution in [-0.4, -0.2) is 18.9 Å². The summed E-state index contributed by atoms with van der Waals surface area (Å²) >= 11 is 3.63. The largest absolute Gasteiger partial charge is 0.367 e. The summed E-state index contributed by atoms with van der Waals surface area (Å²) in [6.45, 7) is 1.15. The number of rotatable bonds is 3. The summed E-state index contributed by atoms with van der Waals surface area (Å²) in [5, 5.41) is 0. The summed E-state index contributed by atoms with van der Waals surface area (Å²) in [6.07, 6.45) is 9.12. The van der Waals surface area contributed by atoms with Crippen LogP contribution in [0.25, 0.3) is 0 Å². The molecule has 1 heterocycles. The molecule has 1 saturated heterocycles. The topological polar surface area (TPSA) is 20.3 Å². The van der Waals surface area contributed by atoms with Crippen molar-refractivity contribution in [3.8, 4) is 0 Å². The zero-order valence-corrected chi connectivity index (χ0v) is 12.7. The van der Waals surface area contributed by atoms with Crippen molar-refractivity contribution >= 4 is 27.9 Å². The van der Waals surface area contributed by atoms with E-state index in [1.807, 2.05) is 12.1 Å². The lowest BCUT2D eigenvalue weighted by molar-refractivity contribution is 0.112. The highest BCUT2D eigenvalue weighted by molar-refractivity contribution is 9.10. The van der Waals surface area contributed by atoms with Crippen LogP contribution in [0.2, 0.25) is 0 Å². The third-order valence-corrected chi connectivity index (χ3v) is 5.30. The molecule has 1 aliphatic heterocycles. The van der Waals surface area contributed by atoms with E-state index in [9.17, 15) is 4.79 Å². The Morgan fingerprint density at radius 1 is 1.16 bits per heavy atom. The average Bonchev–Trinajstić information content (AvgIpc) is 3.08. The molecule has 1 unspecified atom stereocenters. The fraction of sp³-hybridized carbons (Fsp3) is 0.562. The Morgan fingerprint density at radius 2 is 1.95 bits per heavy atom. The lowest BCUT2D eigenvalue weighted by Crippen LogP contribution is -2.34. The van der Waals surface area contributed by atoms with Crippen LogP contribution in [0.3, 0.4) is 0 Å². The first-order chi connectivity index (χ1) is 9.29. The Bertz CT molecular complexity index is 468. The first-order valence-electron chi connectivity index (χ1n) is 7.31. The average molecular weight is 322 g/mol. The van der Waals surface area contributed by atoms with Crippen LogP contribution in [-0.2, 0) is 0 Å². The van der Waals surface area contributed by atoms with Crippen molar-refractivity contribution in [2.75, 3.05) is 11.4 Å². The van der Waals surface area contributed by atoms with Gasteiger partial charge in [0.15, 0.2) is 0 Å². The van der Waals surface area contributed by atoms with E-state index in [1.165, 1.54) is 44.2 Å². The molecule has 1 aliphatic carbocycles. The van der Waals surface area contributed by atoms with E-state index in [0.29, 0.717) is 6.04 Å². The Balaban J connectivity index is 1.85. The van der Waals surface area contributed by atoms with E-state index in [2.05, 4.69) is 26.9 Å². The highest BCUT2D eigenvalue weighted by atomic mass is 79.9. The number of hydrogen-bond donors (Lipinski definition) is 0. The van der Waals surface area contributed by atoms with Crippen molar-refractivity contribution in [1.29, 1.82) is 0 Å². The van der Waals surface area contributed by atoms with Crippen LogP contribution in [0.5, 0.6) is 0 Å². The molecule has 1 aromatic rings. The summed E-state index contributed by atoms with van der Waals surface area (Å²) in [5.41, 5.74) is 2.01. The van der Waals surface area contributed by atoms with E-state index in [4.69, 9.17) is 0 Å². The smallest absolute Gasteiger partial charge is 0.150 e. The number of carbonyl (C=O) groups excluding carboxylic acids is 1. The van der Waals surface area contributed by atoms with Crippen LogP contribution in [0.15, 0.2) is 22.7 Å². The number of halogens is 1. The normalized spacial score (nSPS) is 24.1. The molecule has 3 rings (SSSR count). The van der Waals surface area contributed by atoms with E-state index in [1.54, 1.807) is 0 Å². The second-order valence-corrected chi connectivity index (χ2v) is 6.63. The van der Waals surface area contributed by atoms with Gasteiger partial charge in [-0.3, -0.25) is 4.79 Å². The van der Waals surface area contributed by atoms with Gasteiger partial charge in [-0.15, -0.1) is 0 Å². The minimum absolute atomic E-state index is 0.709. The summed E-state index contributed by atoms with van der Waals surface area (Å²) in [7, 11) is 0. The van der Waals surface area contributed by atoms with Crippen molar-refractivity contribution < 1.29 is 4.79 Å². The molecule has 1 atom stereocenters. The van der Waals surface area contributed by atoms with Gasteiger partial charge in [0, 0.05) is 22.6 Å². The van der Waals surface area contributed by atoms with Crippen LogP contribution in [0.4, 0.5) is 5.69 Å². The predicted octanol–water partition coefficient (Wildman–Crippen LogP) is 4.42. The Kier molecular flexibility index (Phi) is 3.92. The molecule has 3 heteroatoms. The first-order valence-corrected chi connectivity index (χ1v) is 8.10. The molecule has 2 fully saturated rings. The van der Waals surface area contributed by atoms with Crippen molar-refractivity contribution in [1.82, 2.24) is 0 Å². The van der Waals surface area contributed by atoms with Gasteiger partial charge in [-0.2, -0.15) is 0 Å². The summed E-state index contributed by atoms with van der Waals surface area (Å²) in [4.78, 5) is 13.4. The molecular formula is C16H20BrNO. The van der Waals surface area contributed by atoms with Gasteiger partial charge in [0.05, 0.1) is 5.69 Å². The van der Waals surface area contributed by atoms with E-state index in [0.717, 1.165) is 28.8 Å². The second-order valence-electron chi connectivity index (χ2n) is 5.78. The first kappa shape index (κ1) is 13.2. The number of carbonyl (C=O) groups is 1. The van der Waals surface area contributed by atoms with Gasteiger partial charge in [-0.25, -0.2) is 0 Å². The minimum Gasteiger partial charge on any atom is -0.367 e. The molecule has 0 amide bonds. The fourth-order valence-electron chi connectivity index (χ4n) is 3.75. The molecule has 0 aromatic heterocycles. The van der Waals surface area contributed by atoms with E-state index in [-0.39, 0.29) is 0 Å². The van der Waals surface area contributed by atoms with Gasteiger partial charge >= 0.3 is 0 Å². The third kappa shape index (κ3) is 2.58. The van der Waals surface area contributed by atoms with Crippen LogP contribution in [0, 0.1) is 5.92 Å². The minimum atomic E-state index is 0.709. The summed E-state index contributed by atoms with van der Waals surface area (Å²) in [6, 6.07) is 6.67. The number of anilines is 1. The predicted molar refractivity (Wildman–Crippen MR) is 81.9 cm³/mol. The van der Waals surface area contributed by atoms with E-state index >= 15 is 0 Å². The fourth-order valence-corrected chi connectivity index (χ4v) is 4.38. The monoisotopic (exact) mass is 321 g/mol. The maximum atomic E-state index is 10.8. The highest BCUT2D eigenvalue weighted by Gasteiger charge is 2.33. The molecule has 102 valence electrons. The van der Waals surface area contributed by atoms with E-state index < -0.39 is 0 Å². The molecule has 1 saturated carbocycles. The Labute approximate surface area is 123 Å². The number of benzene rings is 1. The van der Waals surface area contributed by atoms with Crippen molar-refractivity contribution in [3.63, 3.8) is 0 Å². The van der Waals surface area contributed by atoms with Gasteiger partial charge < -0.3 is 4.90 Å². The third-order valence-electron chi connectivity index (χ3n) is 4.66. The van der Waals surface area contributed by atoms with Gasteiger partial charge in [0.25, 0.3) is 0 Å². The highest BCUT2D eigenvalue weighted by Crippen LogP contribution is 2.40. The van der Waals surface area contributed by atoms with Crippen molar-refractivity contribution in [2.45, 2.75) is 44.6 Å². The van der Waals surface area contributed by atoms with Crippen LogP contribution >= 0.6 is 15.9 Å². The van der Waals surface area contributed by atoms with Gasteiger partial charge in [0.1, 0.15) is 6.29 Å². The Hall–Kier alpha value is -0.830. The maximum Gasteiger partial charge on any atom is 0.150 e. The van der Waals surface area contributed by atoms with Crippen LogP contribution < -0.4 is 4.90 Å². The van der Waals surface area contributed by atoms with Gasteiger partial charge in [0.2, 0.25) is 0 Å². The lowest BCUT2D eigenvalue weighted by atomic mass is 9.95. The number of aldehydes is 1. The number of hydrogen-bond acceptors (Lipinski definition) is 2. The van der Waals surface area contributed by atoms with Crippen molar-refractivity contribution in [2.24, 2.45) is 5.92 Å². The standard InChI is InChI=1S/C16H20BrNO/c17-14-10-12(11-19)7-8-16(14)18-9-3-6-15(18)13-4-1-2-5-13/h7-8,10-11,13,15H,1-6,9H2. The summed E-state index contributed by atoms with van der Waals surface area (Å²) in [5.74, 6) is 0.875. The molecular weight excluding hydrogens is 302 g/mol. The molecule has 0 N–H and O–H groups in total. The molecule has 0 radical (unpaired) electrons. The zero-order valence-electron chi connectivity index (χ0n) is 11.1. The molecule has 19 heavy (non-hydrogen) atoms. The van der Waals surface area contributed by atoms with Crippen molar-refractivity contribution in [3.05, 3.63) is 28.2 Å². The van der Waals surface area contributed by atoms with Gasteiger partial charge in [-0.05, 0) is 65.7 Å². The Morgan fingerprint density at radius 3 is 2.63 bits per heavy atom.